The van der Waals surface area contributed by atoms with Crippen molar-refractivity contribution in [3.63, 3.8) is 0 Å². The molecule has 5 rings (SSSR count). The number of nitrogens with two attached hydrogens (primary N) is 1. The number of amides is 2. The second-order valence-electron chi connectivity index (χ2n) is 18.7. The average Bonchev–Trinajstić information content (AvgIpc) is 3.83. The molecule has 65 heavy (non-hydrogen) atoms. The number of benzene rings is 1. The molecule has 13 atom stereocenters. The topological polar surface area (TPSA) is 201 Å². The monoisotopic (exact) mass is 936 g/mol. The molecule has 0 spiro atoms. The first-order chi connectivity index (χ1) is 30.6. The van der Waals surface area contributed by atoms with Gasteiger partial charge in [-0.3, -0.25) is 24.0 Å². The standard InChI is InChI=1S/C45H71N7O10.CH3FS/c1-13-36-45(9)39(51(43(57)62-45)20-15-14-19-50-25-34(47-48-50)32-17-16-18-33(46)22-32)30(6)52(31(7)53)24-26(2)23-44(8,58-12)40(28(4)37(54)29(5)41(56)60-36)61-42-38(55)35(49(10)11)21-27(3)59-42;1-3-2/h16-18,22,25-30,35-36,38-40,42,55H,13-15,19-21,23-24,46H2,1-12H3;1H3/t26-,27-,28+,29-,30-,35?,36-,38?,39-,40-,42+,44-,45-;/m1./s1. The summed E-state index contributed by atoms with van der Waals surface area (Å²) in [5, 5.41) is 20.1. The minimum Gasteiger partial charge on any atom is -0.458 e. The molecule has 366 valence electrons. The third kappa shape index (κ3) is 12.6. The van der Waals surface area contributed by atoms with Crippen LogP contribution in [0.15, 0.2) is 30.5 Å². The SMILES string of the molecule is CC[C@H]1OC(=O)[C@H](C)C(=O)[C@H](C)[C@@H](O[C@@H]2O[C@H](C)CC(N(C)C)C2O)[C@](C)(OC)C[C@@H](C)CN(C(C)=O)[C@H](C)[C@H]2N(CCCCn3cc(-c4cccc(N)c4)nn3)C(=O)O[C@]12C.CSF. The fraction of sp³-hybridized carbons (Fsp3) is 0.739. The van der Waals surface area contributed by atoms with Gasteiger partial charge in [-0.05, 0) is 98.9 Å². The van der Waals surface area contributed by atoms with Crippen LogP contribution in [0.3, 0.4) is 0 Å². The second-order valence-corrected chi connectivity index (χ2v) is 19.0. The van der Waals surface area contributed by atoms with Crippen LogP contribution in [0.5, 0.6) is 0 Å². The smallest absolute Gasteiger partial charge is 0.410 e. The van der Waals surface area contributed by atoms with Gasteiger partial charge >= 0.3 is 12.1 Å². The molecule has 1 aromatic carbocycles. The molecule has 2 aromatic rings. The lowest BCUT2D eigenvalue weighted by molar-refractivity contribution is -0.295. The third-order valence-corrected chi connectivity index (χ3v) is 13.4. The van der Waals surface area contributed by atoms with Crippen LogP contribution in [0, 0.1) is 17.8 Å². The Labute approximate surface area is 388 Å². The third-order valence-electron chi connectivity index (χ3n) is 13.4. The molecule has 2 amide bonds. The Morgan fingerprint density at radius 3 is 2.37 bits per heavy atom. The van der Waals surface area contributed by atoms with Gasteiger partial charge in [0.05, 0.1) is 36.1 Å². The zero-order valence-corrected chi connectivity index (χ0v) is 41.4. The number of aliphatic hydroxyl groups is 1. The molecule has 2 unspecified atom stereocenters. The number of hydrogen-bond acceptors (Lipinski definition) is 15. The lowest BCUT2D eigenvalue weighted by Gasteiger charge is -2.47. The van der Waals surface area contributed by atoms with Gasteiger partial charge in [0.1, 0.15) is 23.8 Å². The fourth-order valence-electron chi connectivity index (χ4n) is 10.0. The summed E-state index contributed by atoms with van der Waals surface area (Å²) in [7, 11) is 5.31. The van der Waals surface area contributed by atoms with E-state index >= 15 is 0 Å². The molecule has 0 aliphatic carbocycles. The van der Waals surface area contributed by atoms with Crippen LogP contribution < -0.4 is 5.73 Å². The van der Waals surface area contributed by atoms with Crippen molar-refractivity contribution in [2.75, 3.05) is 46.3 Å². The van der Waals surface area contributed by atoms with E-state index < -0.39 is 77.6 Å². The number of methoxy groups -OCH3 is 1. The van der Waals surface area contributed by atoms with E-state index in [1.54, 1.807) is 35.4 Å². The van der Waals surface area contributed by atoms with E-state index in [0.717, 1.165) is 5.56 Å². The number of rotatable bonds is 11. The van der Waals surface area contributed by atoms with Gasteiger partial charge in [-0.15, -0.1) is 5.10 Å². The summed E-state index contributed by atoms with van der Waals surface area (Å²) in [4.78, 5) is 61.7. The average molecular weight is 936 g/mol. The van der Waals surface area contributed by atoms with Gasteiger partial charge in [-0.2, -0.15) is 3.89 Å². The summed E-state index contributed by atoms with van der Waals surface area (Å²) in [6, 6.07) is 5.82. The number of nitrogens with zero attached hydrogens (tertiary/aromatic N) is 6. The predicted molar refractivity (Wildman–Crippen MR) is 246 cm³/mol. The molecule has 19 heteroatoms. The van der Waals surface area contributed by atoms with Gasteiger partial charge in [-0.1, -0.05) is 38.1 Å². The van der Waals surface area contributed by atoms with Crippen molar-refractivity contribution in [3.05, 3.63) is 30.5 Å². The van der Waals surface area contributed by atoms with Gasteiger partial charge in [0.2, 0.25) is 5.91 Å². The van der Waals surface area contributed by atoms with Crippen LogP contribution in [0.4, 0.5) is 14.4 Å². The van der Waals surface area contributed by atoms with Crippen LogP contribution in [-0.4, -0.2) is 159 Å². The number of carbonyl (C=O) groups excluding carboxylic acids is 4. The minimum atomic E-state index is -1.40. The Hall–Kier alpha value is -3.88. The molecule has 17 nitrogen and oxygen atoms in total. The highest BCUT2D eigenvalue weighted by Crippen LogP contribution is 2.41. The summed E-state index contributed by atoms with van der Waals surface area (Å²) < 4.78 is 43.6. The van der Waals surface area contributed by atoms with E-state index in [4.69, 9.17) is 29.4 Å². The molecule has 0 bridgehead atoms. The molecule has 1 aromatic heterocycles. The highest BCUT2D eigenvalue weighted by molar-refractivity contribution is 7.93. The molecular formula is C46H74FN7O10S. The van der Waals surface area contributed by atoms with Gasteiger partial charge in [-0.25, -0.2) is 4.79 Å². The van der Waals surface area contributed by atoms with E-state index in [0.29, 0.717) is 50.2 Å². The van der Waals surface area contributed by atoms with Crippen LogP contribution in [0.2, 0.25) is 0 Å². The molecule has 3 aliphatic rings. The van der Waals surface area contributed by atoms with E-state index in [2.05, 4.69) is 10.3 Å². The maximum atomic E-state index is 14.5. The first-order valence-corrected chi connectivity index (χ1v) is 23.8. The lowest BCUT2D eigenvalue weighted by atomic mass is 9.78. The Morgan fingerprint density at radius 2 is 1.77 bits per heavy atom. The molecule has 4 heterocycles. The number of anilines is 1. The molecule has 3 aliphatic heterocycles. The number of esters is 1. The van der Waals surface area contributed by atoms with Gasteiger partial charge in [0, 0.05) is 75.3 Å². The summed E-state index contributed by atoms with van der Waals surface area (Å²) in [6.07, 6.45) is 0.677. The number of ether oxygens (including phenoxy) is 5. The van der Waals surface area contributed by atoms with Gasteiger partial charge < -0.3 is 44.3 Å². The zero-order chi connectivity index (χ0) is 48.6. The number of nitrogen functional groups attached to an aromatic ring is 1. The highest BCUT2D eigenvalue weighted by atomic mass is 32.2. The minimum absolute atomic E-state index is 0.214. The first kappa shape index (κ1) is 53.7. The molecular weight excluding hydrogens is 862 g/mol. The quantitative estimate of drug-likeness (QED) is 0.119. The van der Waals surface area contributed by atoms with Crippen LogP contribution >= 0.6 is 12.1 Å². The van der Waals surface area contributed by atoms with Crippen molar-refractivity contribution in [3.8, 4) is 11.3 Å². The Balaban J connectivity index is 0.00000300. The zero-order valence-electron chi connectivity index (χ0n) is 40.6. The summed E-state index contributed by atoms with van der Waals surface area (Å²) in [5.41, 5.74) is 5.59. The normalized spacial score (nSPS) is 33.9. The second kappa shape index (κ2) is 23.2. The van der Waals surface area contributed by atoms with E-state index in [-0.39, 0.29) is 49.1 Å². The van der Waals surface area contributed by atoms with Crippen LogP contribution in [0.25, 0.3) is 11.3 Å². The fourth-order valence-corrected chi connectivity index (χ4v) is 10.0. The number of halogens is 1. The van der Waals surface area contributed by atoms with E-state index in [1.165, 1.54) is 20.1 Å². The molecule has 3 saturated heterocycles. The van der Waals surface area contributed by atoms with Crippen molar-refractivity contribution in [1.82, 2.24) is 29.7 Å². The van der Waals surface area contributed by atoms with E-state index in [1.807, 2.05) is 84.1 Å². The van der Waals surface area contributed by atoms with Crippen molar-refractivity contribution in [1.29, 1.82) is 0 Å². The number of fused-ring (bicyclic) bond motifs is 1. The number of likely N-dealkylation sites (N-methyl/N-ethyl adjacent to an activating group) is 1. The molecule has 3 N–H and O–H groups in total. The Morgan fingerprint density at radius 1 is 1.11 bits per heavy atom. The summed E-state index contributed by atoms with van der Waals surface area (Å²) in [5.74, 6) is -3.84. The van der Waals surface area contributed by atoms with E-state index in [9.17, 15) is 28.2 Å². The number of Topliss-reactive ketones (excluding diaryl/α,β-unsaturated/α-hetero) is 1. The maximum Gasteiger partial charge on any atom is 0.410 e. The number of hydrogen-bond donors (Lipinski definition) is 2. The molecule has 0 saturated carbocycles. The van der Waals surface area contributed by atoms with Crippen molar-refractivity contribution in [2.45, 2.75) is 161 Å². The van der Waals surface area contributed by atoms with Crippen molar-refractivity contribution < 1.29 is 51.9 Å². The largest absolute Gasteiger partial charge is 0.458 e. The number of aliphatic hydroxyl groups excluding tert-OH is 1. The van der Waals surface area contributed by atoms with Gasteiger partial charge in [0.25, 0.3) is 0 Å². The lowest BCUT2D eigenvalue weighted by Crippen LogP contribution is -2.62. The van der Waals surface area contributed by atoms with Crippen LogP contribution in [-0.2, 0) is 44.6 Å². The highest BCUT2D eigenvalue weighted by Gasteiger charge is 2.60. The number of aryl methyl sites for hydroxylation is 1. The molecule has 0 radical (unpaired) electrons. The Bertz CT molecular complexity index is 1910. The first-order valence-electron chi connectivity index (χ1n) is 22.7. The summed E-state index contributed by atoms with van der Waals surface area (Å²) in [6.45, 7) is 17.0. The number of aromatic nitrogens is 3. The van der Waals surface area contributed by atoms with Crippen LogP contribution in [0.1, 0.15) is 94.4 Å². The Kier molecular flexibility index (Phi) is 19.2. The van der Waals surface area contributed by atoms with Gasteiger partial charge in [0.15, 0.2) is 17.7 Å². The van der Waals surface area contributed by atoms with Crippen molar-refractivity contribution >= 4 is 41.6 Å². The van der Waals surface area contributed by atoms with Crippen molar-refractivity contribution in [2.24, 2.45) is 17.8 Å². The summed E-state index contributed by atoms with van der Waals surface area (Å²) >= 11 is 0.250. The number of carbonyl (C=O) groups is 4. The maximum absolute atomic E-state index is 14.5. The number of cyclic esters (lactones) is 1. The predicted octanol–water partition coefficient (Wildman–Crippen LogP) is 5.78. The number of ketones is 1. The molecule has 3 fully saturated rings. The number of unbranched alkanes of at least 4 members (excludes halogenated alkanes) is 1.